The molecule has 5 heteroatoms. The summed E-state index contributed by atoms with van der Waals surface area (Å²) in [7, 11) is 0. The number of nitrogen functional groups attached to an aromatic ring is 1. The van der Waals surface area contributed by atoms with E-state index in [9.17, 15) is 4.79 Å². The van der Waals surface area contributed by atoms with Crippen LogP contribution in [0.5, 0.6) is 0 Å². The zero-order chi connectivity index (χ0) is 13.1. The van der Waals surface area contributed by atoms with Gasteiger partial charge in [-0.15, -0.1) is 0 Å². The molecular formula is C13H10BrClN2O. The molecule has 0 fully saturated rings. The van der Waals surface area contributed by atoms with Crippen LogP contribution in [0.3, 0.4) is 0 Å². The molecule has 0 atom stereocenters. The number of hydrogen-bond acceptors (Lipinski definition) is 2. The number of benzene rings is 2. The van der Waals surface area contributed by atoms with Crippen molar-refractivity contribution in [2.45, 2.75) is 0 Å². The number of rotatable bonds is 2. The molecule has 0 unspecified atom stereocenters. The van der Waals surface area contributed by atoms with E-state index in [-0.39, 0.29) is 5.91 Å². The van der Waals surface area contributed by atoms with Crippen LogP contribution in [0.1, 0.15) is 10.4 Å². The van der Waals surface area contributed by atoms with Crippen LogP contribution in [0.15, 0.2) is 46.9 Å². The molecule has 1 amide bonds. The van der Waals surface area contributed by atoms with Gasteiger partial charge < -0.3 is 11.1 Å². The summed E-state index contributed by atoms with van der Waals surface area (Å²) in [6, 6.07) is 12.1. The SMILES string of the molecule is Nc1cc(Cl)ccc1C(=O)Nc1ccc(Br)cc1. The Kier molecular flexibility index (Phi) is 3.89. The Morgan fingerprint density at radius 2 is 1.83 bits per heavy atom. The van der Waals surface area contributed by atoms with Crippen molar-refractivity contribution < 1.29 is 4.79 Å². The summed E-state index contributed by atoms with van der Waals surface area (Å²) in [4.78, 5) is 12.0. The maximum atomic E-state index is 12.0. The van der Waals surface area contributed by atoms with Crippen molar-refractivity contribution in [2.24, 2.45) is 0 Å². The lowest BCUT2D eigenvalue weighted by atomic mass is 10.1. The first-order valence-electron chi connectivity index (χ1n) is 5.18. The maximum absolute atomic E-state index is 12.0. The fourth-order valence-electron chi connectivity index (χ4n) is 1.47. The summed E-state index contributed by atoms with van der Waals surface area (Å²) in [5.74, 6) is -0.258. The second kappa shape index (κ2) is 5.42. The average molecular weight is 326 g/mol. The highest BCUT2D eigenvalue weighted by molar-refractivity contribution is 9.10. The number of carbonyl (C=O) groups is 1. The Hall–Kier alpha value is -1.52. The highest BCUT2D eigenvalue weighted by Gasteiger charge is 2.10. The van der Waals surface area contributed by atoms with E-state index in [1.165, 1.54) is 0 Å². The summed E-state index contributed by atoms with van der Waals surface area (Å²) in [5.41, 5.74) is 7.22. The monoisotopic (exact) mass is 324 g/mol. The second-order valence-electron chi connectivity index (χ2n) is 3.69. The minimum Gasteiger partial charge on any atom is -0.398 e. The Morgan fingerprint density at radius 1 is 1.17 bits per heavy atom. The van der Waals surface area contributed by atoms with Gasteiger partial charge in [0.15, 0.2) is 0 Å². The molecule has 0 bridgehead atoms. The van der Waals surface area contributed by atoms with Crippen LogP contribution in [0.2, 0.25) is 5.02 Å². The topological polar surface area (TPSA) is 55.1 Å². The Labute approximate surface area is 118 Å². The van der Waals surface area contributed by atoms with Crippen LogP contribution < -0.4 is 11.1 Å². The van der Waals surface area contributed by atoms with E-state index in [4.69, 9.17) is 17.3 Å². The van der Waals surface area contributed by atoms with Gasteiger partial charge in [-0.25, -0.2) is 0 Å². The summed E-state index contributed by atoms with van der Waals surface area (Å²) < 4.78 is 0.950. The Bertz CT molecular complexity index is 584. The molecule has 0 aromatic heterocycles. The van der Waals surface area contributed by atoms with E-state index in [1.54, 1.807) is 30.3 Å². The number of anilines is 2. The molecule has 0 saturated heterocycles. The second-order valence-corrected chi connectivity index (χ2v) is 5.04. The largest absolute Gasteiger partial charge is 0.398 e. The van der Waals surface area contributed by atoms with Gasteiger partial charge in [0.05, 0.1) is 5.56 Å². The van der Waals surface area contributed by atoms with Crippen molar-refractivity contribution in [3.63, 3.8) is 0 Å². The first-order valence-corrected chi connectivity index (χ1v) is 6.35. The van der Waals surface area contributed by atoms with Gasteiger partial charge in [0.1, 0.15) is 0 Å². The van der Waals surface area contributed by atoms with E-state index in [2.05, 4.69) is 21.2 Å². The molecule has 0 aliphatic rings. The third-order valence-corrected chi connectivity index (χ3v) is 3.12. The first kappa shape index (κ1) is 12.9. The Morgan fingerprint density at radius 3 is 2.44 bits per heavy atom. The molecule has 0 heterocycles. The lowest BCUT2D eigenvalue weighted by Crippen LogP contribution is -2.13. The summed E-state index contributed by atoms with van der Waals surface area (Å²) >= 11 is 9.11. The van der Waals surface area contributed by atoms with Crippen LogP contribution in [0.25, 0.3) is 0 Å². The lowest BCUT2D eigenvalue weighted by molar-refractivity contribution is 0.102. The van der Waals surface area contributed by atoms with Crippen molar-refractivity contribution >= 4 is 44.8 Å². The van der Waals surface area contributed by atoms with E-state index >= 15 is 0 Å². The molecule has 2 aromatic carbocycles. The quantitative estimate of drug-likeness (QED) is 0.822. The van der Waals surface area contributed by atoms with Gasteiger partial charge in [-0.1, -0.05) is 27.5 Å². The van der Waals surface area contributed by atoms with E-state index < -0.39 is 0 Å². The van der Waals surface area contributed by atoms with Gasteiger partial charge >= 0.3 is 0 Å². The van der Waals surface area contributed by atoms with Crippen LogP contribution in [-0.4, -0.2) is 5.91 Å². The zero-order valence-electron chi connectivity index (χ0n) is 9.28. The van der Waals surface area contributed by atoms with Gasteiger partial charge in [0.25, 0.3) is 5.91 Å². The summed E-state index contributed by atoms with van der Waals surface area (Å²) in [6.07, 6.45) is 0. The lowest BCUT2D eigenvalue weighted by Gasteiger charge is -2.07. The number of nitrogens with two attached hydrogens (primary N) is 1. The highest BCUT2D eigenvalue weighted by Crippen LogP contribution is 2.20. The van der Waals surface area contributed by atoms with Crippen molar-refractivity contribution in [1.82, 2.24) is 0 Å². The van der Waals surface area contributed by atoms with Crippen LogP contribution in [0.4, 0.5) is 11.4 Å². The molecule has 92 valence electrons. The molecule has 3 nitrogen and oxygen atoms in total. The normalized spacial score (nSPS) is 10.1. The van der Waals surface area contributed by atoms with Crippen LogP contribution in [-0.2, 0) is 0 Å². The Balaban J connectivity index is 2.19. The number of hydrogen-bond donors (Lipinski definition) is 2. The van der Waals surface area contributed by atoms with E-state index in [1.807, 2.05) is 12.1 Å². The molecule has 0 saturated carbocycles. The number of halogens is 2. The van der Waals surface area contributed by atoms with Gasteiger partial charge in [0.2, 0.25) is 0 Å². The van der Waals surface area contributed by atoms with E-state index in [0.29, 0.717) is 22.0 Å². The predicted octanol–water partition coefficient (Wildman–Crippen LogP) is 3.94. The van der Waals surface area contributed by atoms with Crippen molar-refractivity contribution in [2.75, 3.05) is 11.1 Å². The number of carbonyl (C=O) groups excluding carboxylic acids is 1. The molecule has 0 radical (unpaired) electrons. The molecule has 18 heavy (non-hydrogen) atoms. The van der Waals surface area contributed by atoms with Gasteiger partial charge in [-0.05, 0) is 42.5 Å². The third-order valence-electron chi connectivity index (χ3n) is 2.36. The van der Waals surface area contributed by atoms with Crippen molar-refractivity contribution in [1.29, 1.82) is 0 Å². The van der Waals surface area contributed by atoms with Gasteiger partial charge in [-0.3, -0.25) is 4.79 Å². The summed E-state index contributed by atoms with van der Waals surface area (Å²) in [6.45, 7) is 0. The maximum Gasteiger partial charge on any atom is 0.257 e. The molecule has 2 aromatic rings. The van der Waals surface area contributed by atoms with Crippen molar-refractivity contribution in [3.8, 4) is 0 Å². The van der Waals surface area contributed by atoms with Crippen molar-refractivity contribution in [3.05, 3.63) is 57.5 Å². The van der Waals surface area contributed by atoms with Crippen LogP contribution in [0, 0.1) is 0 Å². The van der Waals surface area contributed by atoms with E-state index in [0.717, 1.165) is 4.47 Å². The van der Waals surface area contributed by atoms with Gasteiger partial charge in [-0.2, -0.15) is 0 Å². The standard InChI is InChI=1S/C13H10BrClN2O/c14-8-1-4-10(5-2-8)17-13(18)11-6-3-9(15)7-12(11)16/h1-7H,16H2,(H,17,18). The molecule has 0 aliphatic heterocycles. The number of nitrogens with one attached hydrogen (secondary N) is 1. The minimum atomic E-state index is -0.258. The minimum absolute atomic E-state index is 0.258. The molecule has 0 spiro atoms. The smallest absolute Gasteiger partial charge is 0.257 e. The molecule has 0 aliphatic carbocycles. The van der Waals surface area contributed by atoms with Crippen LogP contribution >= 0.6 is 27.5 Å². The first-order chi connectivity index (χ1) is 8.56. The fraction of sp³-hybridized carbons (Fsp3) is 0. The zero-order valence-corrected chi connectivity index (χ0v) is 11.6. The predicted molar refractivity (Wildman–Crippen MR) is 78.0 cm³/mol. The number of amides is 1. The molecular weight excluding hydrogens is 316 g/mol. The highest BCUT2D eigenvalue weighted by atomic mass is 79.9. The molecule has 2 rings (SSSR count). The fourth-order valence-corrected chi connectivity index (χ4v) is 1.92. The van der Waals surface area contributed by atoms with Gasteiger partial charge in [0, 0.05) is 20.9 Å². The summed E-state index contributed by atoms with van der Waals surface area (Å²) in [5, 5.41) is 3.27. The average Bonchev–Trinajstić information content (AvgIpc) is 2.32. The molecule has 3 N–H and O–H groups in total. The third kappa shape index (κ3) is 3.03.